The average molecular weight is 330 g/mol. The highest BCUT2D eigenvalue weighted by Crippen LogP contribution is 2.03. The summed E-state index contributed by atoms with van der Waals surface area (Å²) in [4.78, 5) is 13.8. The summed E-state index contributed by atoms with van der Waals surface area (Å²) in [5.74, 6) is 0.222. The van der Waals surface area contributed by atoms with Crippen LogP contribution in [0.4, 0.5) is 0 Å². The van der Waals surface area contributed by atoms with Crippen molar-refractivity contribution in [2.75, 3.05) is 6.54 Å². The van der Waals surface area contributed by atoms with Crippen LogP contribution in [0.2, 0.25) is 0 Å². The lowest BCUT2D eigenvalue weighted by Crippen LogP contribution is -3.09. The first-order chi connectivity index (χ1) is 12.3. The van der Waals surface area contributed by atoms with Gasteiger partial charge in [-0.15, -0.1) is 0 Å². The number of ketones is 1. The standard InChI is InChI=1S/C23H23NO/c25-23(22-14-8-3-9-15-22)16-17-24(18-20-10-4-1-5-11-20)19-21-12-6-2-7-13-21/h1-15H,16-19H2/p+1. The van der Waals surface area contributed by atoms with Crippen LogP contribution in [0.25, 0.3) is 0 Å². The summed E-state index contributed by atoms with van der Waals surface area (Å²) in [5, 5.41) is 0. The first kappa shape index (κ1) is 17.1. The van der Waals surface area contributed by atoms with Gasteiger partial charge in [0, 0.05) is 16.7 Å². The highest BCUT2D eigenvalue weighted by molar-refractivity contribution is 5.96. The monoisotopic (exact) mass is 330 g/mol. The van der Waals surface area contributed by atoms with Crippen molar-refractivity contribution in [3.8, 4) is 0 Å². The van der Waals surface area contributed by atoms with Gasteiger partial charge in [-0.1, -0.05) is 91.0 Å². The van der Waals surface area contributed by atoms with Crippen molar-refractivity contribution in [3.63, 3.8) is 0 Å². The molecule has 0 saturated heterocycles. The predicted molar refractivity (Wildman–Crippen MR) is 102 cm³/mol. The zero-order valence-electron chi connectivity index (χ0n) is 14.4. The molecule has 0 aromatic heterocycles. The number of quaternary nitrogens is 1. The minimum atomic E-state index is 0.222. The van der Waals surface area contributed by atoms with E-state index in [1.54, 1.807) is 0 Å². The molecule has 0 amide bonds. The van der Waals surface area contributed by atoms with Gasteiger partial charge in [0.2, 0.25) is 0 Å². The molecule has 0 aliphatic heterocycles. The van der Waals surface area contributed by atoms with Crippen molar-refractivity contribution in [1.29, 1.82) is 0 Å². The summed E-state index contributed by atoms with van der Waals surface area (Å²) in [6, 6.07) is 30.6. The highest BCUT2D eigenvalue weighted by Gasteiger charge is 2.14. The summed E-state index contributed by atoms with van der Waals surface area (Å²) in [5.41, 5.74) is 3.42. The molecule has 2 heteroatoms. The number of carbonyl (C=O) groups excluding carboxylic acids is 1. The minimum Gasteiger partial charge on any atom is -0.327 e. The summed E-state index contributed by atoms with van der Waals surface area (Å²) in [6.07, 6.45) is 0.568. The Morgan fingerprint density at radius 3 is 1.56 bits per heavy atom. The van der Waals surface area contributed by atoms with E-state index >= 15 is 0 Å². The fraction of sp³-hybridized carbons (Fsp3) is 0.174. The third kappa shape index (κ3) is 5.40. The van der Waals surface area contributed by atoms with Crippen LogP contribution in [-0.4, -0.2) is 12.3 Å². The van der Waals surface area contributed by atoms with Crippen molar-refractivity contribution in [3.05, 3.63) is 108 Å². The third-order valence-electron chi connectivity index (χ3n) is 4.40. The Morgan fingerprint density at radius 1 is 0.640 bits per heavy atom. The molecule has 3 aromatic rings. The number of hydrogen-bond donors (Lipinski definition) is 1. The van der Waals surface area contributed by atoms with E-state index < -0.39 is 0 Å². The molecule has 0 aliphatic carbocycles. The maximum atomic E-state index is 12.4. The van der Waals surface area contributed by atoms with Crippen LogP contribution in [0, 0.1) is 0 Å². The van der Waals surface area contributed by atoms with E-state index in [0.29, 0.717) is 6.42 Å². The zero-order valence-corrected chi connectivity index (χ0v) is 14.4. The van der Waals surface area contributed by atoms with E-state index in [2.05, 4.69) is 48.5 Å². The number of hydrogen-bond acceptors (Lipinski definition) is 1. The number of Topliss-reactive ketones (excluding diaryl/α,β-unsaturated/α-hetero) is 1. The van der Waals surface area contributed by atoms with Gasteiger partial charge in [0.15, 0.2) is 5.78 Å². The molecule has 0 fully saturated rings. The molecule has 0 aliphatic rings. The Balaban J connectivity index is 1.66. The molecule has 126 valence electrons. The predicted octanol–water partition coefficient (Wildman–Crippen LogP) is 3.54. The maximum absolute atomic E-state index is 12.4. The highest BCUT2D eigenvalue weighted by atomic mass is 16.1. The molecule has 25 heavy (non-hydrogen) atoms. The maximum Gasteiger partial charge on any atom is 0.168 e. The van der Waals surface area contributed by atoms with E-state index in [0.717, 1.165) is 25.2 Å². The van der Waals surface area contributed by atoms with Gasteiger partial charge in [-0.05, 0) is 0 Å². The van der Waals surface area contributed by atoms with Gasteiger partial charge in [-0.2, -0.15) is 0 Å². The second kappa shape index (κ2) is 8.95. The fourth-order valence-electron chi connectivity index (χ4n) is 3.07. The van der Waals surface area contributed by atoms with Gasteiger partial charge < -0.3 is 4.90 Å². The topological polar surface area (TPSA) is 21.5 Å². The second-order valence-corrected chi connectivity index (χ2v) is 6.36. The van der Waals surface area contributed by atoms with Gasteiger partial charge in [0.25, 0.3) is 0 Å². The van der Waals surface area contributed by atoms with E-state index in [1.165, 1.54) is 16.0 Å². The molecule has 0 atom stereocenters. The number of nitrogens with one attached hydrogen (secondary N) is 1. The second-order valence-electron chi connectivity index (χ2n) is 6.36. The first-order valence-corrected chi connectivity index (χ1v) is 8.81. The molecule has 0 radical (unpaired) electrons. The van der Waals surface area contributed by atoms with Crippen molar-refractivity contribution >= 4 is 5.78 Å². The van der Waals surface area contributed by atoms with Crippen molar-refractivity contribution in [2.24, 2.45) is 0 Å². The van der Waals surface area contributed by atoms with E-state index in [4.69, 9.17) is 0 Å². The van der Waals surface area contributed by atoms with Crippen LogP contribution >= 0.6 is 0 Å². The number of benzene rings is 3. The van der Waals surface area contributed by atoms with E-state index in [9.17, 15) is 4.79 Å². The molecule has 3 aromatic carbocycles. The molecule has 0 spiro atoms. The largest absolute Gasteiger partial charge is 0.327 e. The van der Waals surface area contributed by atoms with E-state index in [-0.39, 0.29) is 5.78 Å². The fourth-order valence-corrected chi connectivity index (χ4v) is 3.07. The summed E-state index contributed by atoms with van der Waals surface area (Å²) in [7, 11) is 0. The average Bonchev–Trinajstić information content (AvgIpc) is 2.68. The lowest BCUT2D eigenvalue weighted by Gasteiger charge is -2.19. The van der Waals surface area contributed by atoms with Gasteiger partial charge in [0.05, 0.1) is 13.0 Å². The molecular formula is C23H24NO+. The summed E-state index contributed by atoms with van der Waals surface area (Å²) < 4.78 is 0. The lowest BCUT2D eigenvalue weighted by molar-refractivity contribution is -0.927. The van der Waals surface area contributed by atoms with Crippen LogP contribution in [0.3, 0.4) is 0 Å². The molecule has 3 rings (SSSR count). The molecule has 1 N–H and O–H groups in total. The Hall–Kier alpha value is -2.71. The normalized spacial score (nSPS) is 10.8. The Labute approximate surface area is 149 Å². The van der Waals surface area contributed by atoms with Crippen LogP contribution in [0.1, 0.15) is 27.9 Å². The Kier molecular flexibility index (Phi) is 6.13. The van der Waals surface area contributed by atoms with Crippen LogP contribution in [-0.2, 0) is 13.1 Å². The van der Waals surface area contributed by atoms with Crippen molar-refractivity contribution in [1.82, 2.24) is 0 Å². The van der Waals surface area contributed by atoms with E-state index in [1.807, 2.05) is 42.5 Å². The molecule has 0 saturated carbocycles. The molecule has 0 bridgehead atoms. The third-order valence-corrected chi connectivity index (χ3v) is 4.40. The summed E-state index contributed by atoms with van der Waals surface area (Å²) >= 11 is 0. The van der Waals surface area contributed by atoms with Gasteiger partial charge in [-0.25, -0.2) is 0 Å². The molecule has 0 unspecified atom stereocenters. The van der Waals surface area contributed by atoms with Crippen molar-refractivity contribution < 1.29 is 9.69 Å². The van der Waals surface area contributed by atoms with Crippen LogP contribution in [0.5, 0.6) is 0 Å². The zero-order chi connectivity index (χ0) is 17.3. The Morgan fingerprint density at radius 2 is 1.08 bits per heavy atom. The van der Waals surface area contributed by atoms with Crippen LogP contribution < -0.4 is 4.90 Å². The van der Waals surface area contributed by atoms with Crippen LogP contribution in [0.15, 0.2) is 91.0 Å². The molecule has 2 nitrogen and oxygen atoms in total. The molecule has 0 heterocycles. The van der Waals surface area contributed by atoms with Gasteiger partial charge in [0.1, 0.15) is 13.1 Å². The van der Waals surface area contributed by atoms with Gasteiger partial charge >= 0.3 is 0 Å². The quantitative estimate of drug-likeness (QED) is 0.627. The first-order valence-electron chi connectivity index (χ1n) is 8.81. The smallest absolute Gasteiger partial charge is 0.168 e. The lowest BCUT2D eigenvalue weighted by atomic mass is 10.1. The number of carbonyl (C=O) groups is 1. The molecular weight excluding hydrogens is 306 g/mol. The SMILES string of the molecule is O=C(CC[NH+](Cc1ccccc1)Cc1ccccc1)c1ccccc1. The number of rotatable bonds is 8. The van der Waals surface area contributed by atoms with Gasteiger partial charge in [-0.3, -0.25) is 4.79 Å². The Bertz CT molecular complexity index is 727. The minimum absolute atomic E-state index is 0.222. The van der Waals surface area contributed by atoms with Crippen molar-refractivity contribution in [2.45, 2.75) is 19.5 Å². The summed E-state index contributed by atoms with van der Waals surface area (Å²) in [6.45, 7) is 2.69.